The lowest BCUT2D eigenvalue weighted by atomic mass is 10.2. The molecule has 0 heterocycles. The van der Waals surface area contributed by atoms with Crippen LogP contribution in [0.3, 0.4) is 0 Å². The van der Waals surface area contributed by atoms with Gasteiger partial charge in [-0.3, -0.25) is 0 Å². The summed E-state index contributed by atoms with van der Waals surface area (Å²) in [4.78, 5) is 11.5. The van der Waals surface area contributed by atoms with Crippen LogP contribution in [0, 0.1) is 0 Å². The molecule has 0 aromatic heterocycles. The Morgan fingerprint density at radius 3 is 0.453 bits per heavy atom. The van der Waals surface area contributed by atoms with Gasteiger partial charge in [0.2, 0.25) is 0 Å². The van der Waals surface area contributed by atoms with Gasteiger partial charge in [-0.05, 0) is 20.8 Å². The zero-order chi connectivity index (χ0) is 61.9. The van der Waals surface area contributed by atoms with Crippen LogP contribution in [0.1, 0.15) is 20.8 Å². The highest BCUT2D eigenvalue weighted by Crippen LogP contribution is 2.06. The van der Waals surface area contributed by atoms with Gasteiger partial charge in [-0.2, -0.15) is 0 Å². The summed E-state index contributed by atoms with van der Waals surface area (Å²) in [6.45, 7) is 30.6. The van der Waals surface area contributed by atoms with Crippen LogP contribution in [-0.2, 0) is 123 Å². The molecule has 0 saturated heterocycles. The topological polar surface area (TPSA) is 295 Å². The Bertz CT molecular complexity index is 1260. The first-order valence-electron chi connectivity index (χ1n) is 30.6. The molecule has 516 valence electrons. The maximum absolute atomic E-state index is 11.5. The lowest BCUT2D eigenvalue weighted by molar-refractivity contribution is -0.0321. The van der Waals surface area contributed by atoms with E-state index in [1.807, 2.05) is 20.8 Å². The molecule has 0 aromatic carbocycles. The summed E-state index contributed by atoms with van der Waals surface area (Å²) in [6, 6.07) is 0. The van der Waals surface area contributed by atoms with Crippen LogP contribution in [0.25, 0.3) is 0 Å². The number of rotatable bonds is 77. The van der Waals surface area contributed by atoms with E-state index in [2.05, 4.69) is 5.32 Å². The fraction of sp³-hybridized carbons (Fsp3) is 0.982. The molecule has 3 N–H and O–H groups in total. The van der Waals surface area contributed by atoms with E-state index in [-0.39, 0.29) is 0 Å². The highest BCUT2D eigenvalue weighted by atomic mass is 16.6. The second-order valence-electron chi connectivity index (χ2n) is 18.5. The summed E-state index contributed by atoms with van der Waals surface area (Å²) in [5.41, 5.74) is 4.83. The van der Waals surface area contributed by atoms with Gasteiger partial charge < -0.3 is 134 Å². The van der Waals surface area contributed by atoms with Crippen molar-refractivity contribution in [2.24, 2.45) is 5.73 Å². The van der Waals surface area contributed by atoms with E-state index in [9.17, 15) is 4.79 Å². The number of ether oxygens (including phenoxy) is 26. The quantitative estimate of drug-likeness (QED) is 0.0799. The van der Waals surface area contributed by atoms with Crippen molar-refractivity contribution in [1.82, 2.24) is 5.32 Å². The van der Waals surface area contributed by atoms with Gasteiger partial charge >= 0.3 is 6.09 Å². The predicted octanol–water partition coefficient (Wildman–Crippen LogP) is 0.885. The maximum atomic E-state index is 11.5. The summed E-state index contributed by atoms with van der Waals surface area (Å²) in [6.07, 6.45) is -0.459. The second kappa shape index (κ2) is 75.7. The fourth-order valence-electron chi connectivity index (χ4n) is 6.00. The molecule has 29 heteroatoms. The predicted molar refractivity (Wildman–Crippen MR) is 314 cm³/mol. The molecule has 0 bridgehead atoms. The smallest absolute Gasteiger partial charge is 0.407 e. The first-order chi connectivity index (χ1) is 42.5. The third-order valence-electron chi connectivity index (χ3n) is 10.1. The molecule has 0 unspecified atom stereocenters. The molecular weight excluding hydrogens is 1140 g/mol. The molecule has 0 aliphatic rings. The Morgan fingerprint density at radius 1 is 0.221 bits per heavy atom. The molecule has 29 nitrogen and oxygen atoms in total. The molecule has 0 aromatic rings. The lowest BCUT2D eigenvalue weighted by Gasteiger charge is -2.19. The monoisotopic (exact) mass is 1260 g/mol. The maximum Gasteiger partial charge on any atom is 0.407 e. The van der Waals surface area contributed by atoms with Crippen molar-refractivity contribution in [2.45, 2.75) is 26.4 Å². The van der Waals surface area contributed by atoms with Crippen molar-refractivity contribution in [3.8, 4) is 0 Å². The third kappa shape index (κ3) is 80.2. The Hall–Kier alpha value is -1.77. The van der Waals surface area contributed by atoms with E-state index < -0.39 is 11.7 Å². The number of hydrogen-bond donors (Lipinski definition) is 2. The van der Waals surface area contributed by atoms with Crippen molar-refractivity contribution < 1.29 is 128 Å². The van der Waals surface area contributed by atoms with Gasteiger partial charge in [-0.25, -0.2) is 4.79 Å². The molecule has 0 radical (unpaired) electrons. The Labute approximate surface area is 513 Å². The summed E-state index contributed by atoms with van der Waals surface area (Å²) in [5, 5.41) is 2.63. The van der Waals surface area contributed by atoms with Gasteiger partial charge in [0.1, 0.15) is 5.60 Å². The lowest BCUT2D eigenvalue weighted by Crippen LogP contribution is -2.34. The standard InChI is InChI=1S/C57H116N2O27/c1-57(2,3)86-56(60)59-5-7-62-9-11-64-13-15-66-17-19-68-21-23-70-25-27-72-29-31-74-33-35-76-37-39-78-41-43-80-45-47-82-49-51-84-53-55-85-54-52-83-50-48-81-46-44-79-42-40-77-38-36-75-34-32-73-30-28-71-26-24-69-22-20-67-18-16-65-14-12-63-10-8-61-6-4-58/h4-55,58H2,1-3H3,(H,59,60). The summed E-state index contributed by atoms with van der Waals surface area (Å²) < 4.78 is 142. The SMILES string of the molecule is CC(C)(C)OC(=O)NCCOCCOCCOCCOCCOCCOCCOCCOCCOCCOCCOCCOCCOCCOCCOCCOCCOCCOCCOCCOCCOCCOCCOCCOCCOCCN. The van der Waals surface area contributed by atoms with Gasteiger partial charge in [0.15, 0.2) is 0 Å². The van der Waals surface area contributed by atoms with Gasteiger partial charge in [0.25, 0.3) is 0 Å². The fourth-order valence-corrected chi connectivity index (χ4v) is 6.00. The number of alkyl carbamates (subject to hydrolysis) is 1. The molecule has 1 amide bonds. The average Bonchev–Trinajstić information content (AvgIpc) is 3.49. The normalized spacial score (nSPS) is 11.9. The van der Waals surface area contributed by atoms with Gasteiger partial charge in [-0.1, -0.05) is 0 Å². The zero-order valence-corrected chi connectivity index (χ0v) is 52.9. The van der Waals surface area contributed by atoms with Gasteiger partial charge in [0, 0.05) is 13.1 Å². The number of carbonyl (C=O) groups excluding carboxylic acids is 1. The van der Waals surface area contributed by atoms with Crippen LogP contribution in [0.15, 0.2) is 0 Å². The number of carbonyl (C=O) groups is 1. The van der Waals surface area contributed by atoms with Gasteiger partial charge in [-0.15, -0.1) is 0 Å². The Morgan fingerprint density at radius 2 is 0.337 bits per heavy atom. The molecule has 0 spiro atoms. The van der Waals surface area contributed by atoms with Crippen LogP contribution in [0.5, 0.6) is 0 Å². The van der Waals surface area contributed by atoms with E-state index in [0.29, 0.717) is 343 Å². The zero-order valence-electron chi connectivity index (χ0n) is 52.9. The number of nitrogens with two attached hydrogens (primary N) is 1. The third-order valence-corrected chi connectivity index (χ3v) is 10.1. The number of hydrogen-bond acceptors (Lipinski definition) is 28. The minimum Gasteiger partial charge on any atom is -0.444 e. The first-order valence-corrected chi connectivity index (χ1v) is 30.6. The molecule has 0 aliphatic heterocycles. The van der Waals surface area contributed by atoms with Crippen LogP contribution in [-0.4, -0.2) is 355 Å². The van der Waals surface area contributed by atoms with Crippen LogP contribution < -0.4 is 11.1 Å². The first kappa shape index (κ1) is 84.2. The average molecular weight is 1260 g/mol. The molecular formula is C57H116N2O27. The van der Waals surface area contributed by atoms with Crippen LogP contribution >= 0.6 is 0 Å². The second-order valence-corrected chi connectivity index (χ2v) is 18.5. The Balaban J connectivity index is 3.10. The summed E-state index contributed by atoms with van der Waals surface area (Å²) in [5.74, 6) is 0. The minimum absolute atomic E-state index is 0.374. The molecule has 86 heavy (non-hydrogen) atoms. The van der Waals surface area contributed by atoms with Crippen LogP contribution in [0.4, 0.5) is 4.79 Å². The highest BCUT2D eigenvalue weighted by molar-refractivity contribution is 5.67. The number of nitrogens with one attached hydrogen (secondary N) is 1. The highest BCUT2D eigenvalue weighted by Gasteiger charge is 2.15. The summed E-state index contributed by atoms with van der Waals surface area (Å²) >= 11 is 0. The van der Waals surface area contributed by atoms with Crippen molar-refractivity contribution in [1.29, 1.82) is 0 Å². The van der Waals surface area contributed by atoms with E-state index >= 15 is 0 Å². The Kier molecular flexibility index (Phi) is 74.1. The summed E-state index contributed by atoms with van der Waals surface area (Å²) in [7, 11) is 0. The van der Waals surface area contributed by atoms with Crippen molar-refractivity contribution in [3.05, 3.63) is 0 Å². The molecule has 0 fully saturated rings. The van der Waals surface area contributed by atoms with Crippen molar-refractivity contribution in [3.63, 3.8) is 0 Å². The largest absolute Gasteiger partial charge is 0.444 e. The molecule has 0 atom stereocenters. The van der Waals surface area contributed by atoms with E-state index in [4.69, 9.17) is 129 Å². The molecule has 0 saturated carbocycles. The number of amides is 1. The van der Waals surface area contributed by atoms with E-state index in [1.54, 1.807) is 0 Å². The van der Waals surface area contributed by atoms with Gasteiger partial charge in [0.05, 0.1) is 330 Å². The van der Waals surface area contributed by atoms with Crippen molar-refractivity contribution in [2.75, 3.05) is 343 Å². The van der Waals surface area contributed by atoms with Crippen LogP contribution in [0.2, 0.25) is 0 Å². The minimum atomic E-state index is -0.522. The van der Waals surface area contributed by atoms with E-state index in [1.165, 1.54) is 0 Å². The van der Waals surface area contributed by atoms with E-state index in [0.717, 1.165) is 0 Å². The van der Waals surface area contributed by atoms with Crippen molar-refractivity contribution >= 4 is 6.09 Å². The molecule has 0 rings (SSSR count). The molecule has 0 aliphatic carbocycles.